The average Bonchev–Trinajstić information content (AvgIpc) is 3.30. The van der Waals surface area contributed by atoms with E-state index in [0.29, 0.717) is 17.2 Å². The second kappa shape index (κ2) is 8.17. The molecule has 2 N–H and O–H groups in total. The predicted molar refractivity (Wildman–Crippen MR) is 114 cm³/mol. The molecule has 5 rings (SSSR count). The molecule has 3 heterocycles. The molecule has 10 heteroatoms. The summed E-state index contributed by atoms with van der Waals surface area (Å²) >= 11 is 0. The lowest BCUT2D eigenvalue weighted by molar-refractivity contribution is 0.0342. The van der Waals surface area contributed by atoms with Gasteiger partial charge < -0.3 is 10.1 Å². The molecule has 9 nitrogen and oxygen atoms in total. The molecule has 4 aromatic rings. The largest absolute Gasteiger partial charge is 0.379 e. The van der Waals surface area contributed by atoms with Crippen LogP contribution in [0.1, 0.15) is 5.56 Å². The van der Waals surface area contributed by atoms with Crippen molar-refractivity contribution in [3.05, 3.63) is 48.2 Å². The van der Waals surface area contributed by atoms with E-state index >= 15 is 0 Å². The van der Waals surface area contributed by atoms with Crippen molar-refractivity contribution < 1.29 is 4.74 Å². The molecule has 2 radical (unpaired) electrons. The molecule has 0 bridgehead atoms. The Morgan fingerprint density at radius 2 is 2.03 bits per heavy atom. The van der Waals surface area contributed by atoms with Crippen LogP contribution in [0.3, 0.4) is 0 Å². The van der Waals surface area contributed by atoms with E-state index in [4.69, 9.17) is 12.6 Å². The Morgan fingerprint density at radius 3 is 2.87 bits per heavy atom. The highest BCUT2D eigenvalue weighted by molar-refractivity contribution is 6.33. The van der Waals surface area contributed by atoms with E-state index in [-0.39, 0.29) is 0 Å². The van der Waals surface area contributed by atoms with Gasteiger partial charge in [0.1, 0.15) is 7.85 Å². The van der Waals surface area contributed by atoms with E-state index < -0.39 is 0 Å². The van der Waals surface area contributed by atoms with Crippen molar-refractivity contribution in [3.63, 3.8) is 0 Å². The Hall–Kier alpha value is -3.37. The third-order valence-corrected chi connectivity index (χ3v) is 4.97. The van der Waals surface area contributed by atoms with Crippen molar-refractivity contribution >= 4 is 35.8 Å². The second-order valence-electron chi connectivity index (χ2n) is 7.18. The highest BCUT2D eigenvalue weighted by Crippen LogP contribution is 2.25. The molecule has 0 atom stereocenters. The fraction of sp³-hybridized carbons (Fsp3) is 0.250. The van der Waals surface area contributed by atoms with Crippen molar-refractivity contribution in [2.45, 2.75) is 6.54 Å². The number of benzene rings is 2. The summed E-state index contributed by atoms with van der Waals surface area (Å²) in [7, 11) is 5.84. The molecule has 1 fully saturated rings. The molecule has 148 valence electrons. The lowest BCUT2D eigenvalue weighted by atomic mass is 9.95. The topological polar surface area (TPSA) is 105 Å². The molecule has 0 amide bonds. The lowest BCUT2D eigenvalue weighted by Gasteiger charge is -2.26. The molecule has 2 aromatic heterocycles. The number of nitrogens with zero attached hydrogens (tertiary/aromatic N) is 6. The smallest absolute Gasteiger partial charge is 0.227 e. The molecule has 2 aromatic carbocycles. The number of hydrogen-bond donors (Lipinski definition) is 2. The van der Waals surface area contributed by atoms with Crippen molar-refractivity contribution in [2.75, 3.05) is 31.6 Å². The Morgan fingerprint density at radius 1 is 1.13 bits per heavy atom. The normalized spacial score (nSPS) is 14.8. The van der Waals surface area contributed by atoms with E-state index in [2.05, 4.69) is 52.9 Å². The van der Waals surface area contributed by atoms with Crippen molar-refractivity contribution in [3.8, 4) is 11.4 Å². The number of morpholine rings is 1. The number of nitrogens with one attached hydrogen (secondary N) is 2. The molecule has 1 saturated heterocycles. The van der Waals surface area contributed by atoms with Crippen LogP contribution >= 0.6 is 0 Å². The van der Waals surface area contributed by atoms with Crippen LogP contribution in [0.5, 0.6) is 0 Å². The van der Waals surface area contributed by atoms with Crippen LogP contribution in [0.25, 0.3) is 22.3 Å². The zero-order chi connectivity index (χ0) is 20.3. The van der Waals surface area contributed by atoms with Gasteiger partial charge in [-0.3, -0.25) is 4.90 Å². The second-order valence-corrected chi connectivity index (χ2v) is 7.18. The Balaban J connectivity index is 1.46. The number of H-pyrrole nitrogens is 1. The van der Waals surface area contributed by atoms with Crippen LogP contribution in [0.15, 0.2) is 42.6 Å². The van der Waals surface area contributed by atoms with Gasteiger partial charge in [-0.2, -0.15) is 5.21 Å². The number of anilines is 2. The Labute approximate surface area is 174 Å². The summed E-state index contributed by atoms with van der Waals surface area (Å²) < 4.78 is 5.45. The summed E-state index contributed by atoms with van der Waals surface area (Å²) in [5.41, 5.74) is 4.37. The maximum absolute atomic E-state index is 5.84. The zero-order valence-electron chi connectivity index (χ0n) is 16.2. The summed E-state index contributed by atoms with van der Waals surface area (Å²) in [6.07, 6.45) is 1.76. The van der Waals surface area contributed by atoms with Crippen LogP contribution in [0.4, 0.5) is 11.6 Å². The number of aromatic nitrogens is 6. The zero-order valence-corrected chi connectivity index (χ0v) is 16.2. The first kappa shape index (κ1) is 18.7. The van der Waals surface area contributed by atoms with E-state index in [1.54, 1.807) is 6.20 Å². The Kier molecular flexibility index (Phi) is 5.08. The maximum Gasteiger partial charge on any atom is 0.227 e. The van der Waals surface area contributed by atoms with Gasteiger partial charge in [0.15, 0.2) is 0 Å². The van der Waals surface area contributed by atoms with Crippen molar-refractivity contribution in [1.82, 2.24) is 35.5 Å². The third-order valence-electron chi connectivity index (χ3n) is 4.97. The minimum absolute atomic E-state index is 0.509. The minimum Gasteiger partial charge on any atom is -0.379 e. The molecular weight excluding hydrogens is 379 g/mol. The van der Waals surface area contributed by atoms with E-state index in [1.165, 1.54) is 0 Å². The number of ether oxygens (including phenoxy) is 1. The van der Waals surface area contributed by atoms with Crippen LogP contribution in [-0.2, 0) is 11.3 Å². The summed E-state index contributed by atoms with van der Waals surface area (Å²) in [5.74, 6) is 1.05. The molecule has 0 saturated carbocycles. The SMILES string of the molecule is [B]c1ccc2nc(Nc3cc(CN4CCOCC4)cc(-c4nn[nH]n4)c3)ncc2c1. The first-order valence-corrected chi connectivity index (χ1v) is 9.70. The summed E-state index contributed by atoms with van der Waals surface area (Å²) in [6.45, 7) is 4.13. The monoisotopic (exact) mass is 398 g/mol. The van der Waals surface area contributed by atoms with Gasteiger partial charge >= 0.3 is 0 Å². The highest BCUT2D eigenvalue weighted by Gasteiger charge is 2.14. The summed E-state index contributed by atoms with van der Waals surface area (Å²) in [5, 5.41) is 18.6. The van der Waals surface area contributed by atoms with Crippen LogP contribution < -0.4 is 10.8 Å². The molecule has 1 aliphatic rings. The maximum atomic E-state index is 5.84. The molecular formula is C20H19BN8O. The van der Waals surface area contributed by atoms with Gasteiger partial charge in [-0.25, -0.2) is 9.97 Å². The van der Waals surface area contributed by atoms with Gasteiger partial charge in [0.05, 0.1) is 18.7 Å². The third kappa shape index (κ3) is 4.14. The van der Waals surface area contributed by atoms with Crippen LogP contribution in [0.2, 0.25) is 0 Å². The first-order valence-electron chi connectivity index (χ1n) is 9.70. The quantitative estimate of drug-likeness (QED) is 0.483. The van der Waals surface area contributed by atoms with E-state index in [0.717, 1.165) is 60.6 Å². The van der Waals surface area contributed by atoms with Gasteiger partial charge in [-0.15, -0.1) is 10.2 Å². The molecule has 0 aliphatic carbocycles. The highest BCUT2D eigenvalue weighted by atomic mass is 16.5. The van der Waals surface area contributed by atoms with E-state index in [9.17, 15) is 0 Å². The molecule has 30 heavy (non-hydrogen) atoms. The van der Waals surface area contributed by atoms with Gasteiger partial charge in [-0.05, 0) is 35.0 Å². The van der Waals surface area contributed by atoms with E-state index in [1.807, 2.05) is 24.3 Å². The number of tetrazole rings is 1. The van der Waals surface area contributed by atoms with Gasteiger partial charge in [-0.1, -0.05) is 17.6 Å². The van der Waals surface area contributed by atoms with Crippen LogP contribution in [0, 0.1) is 0 Å². The lowest BCUT2D eigenvalue weighted by Crippen LogP contribution is -2.35. The number of fused-ring (bicyclic) bond motifs is 1. The summed E-state index contributed by atoms with van der Waals surface area (Å²) in [4.78, 5) is 11.4. The fourth-order valence-electron chi connectivity index (χ4n) is 3.53. The molecule has 0 unspecified atom stereocenters. The van der Waals surface area contributed by atoms with Gasteiger partial charge in [0, 0.05) is 42.5 Å². The van der Waals surface area contributed by atoms with Crippen LogP contribution in [-0.4, -0.2) is 69.6 Å². The minimum atomic E-state index is 0.509. The van der Waals surface area contributed by atoms with Crippen molar-refractivity contribution in [1.29, 1.82) is 0 Å². The number of hydrogen-bond acceptors (Lipinski definition) is 8. The van der Waals surface area contributed by atoms with Crippen molar-refractivity contribution in [2.24, 2.45) is 0 Å². The first-order chi connectivity index (χ1) is 14.7. The fourth-order valence-corrected chi connectivity index (χ4v) is 3.53. The number of aromatic amines is 1. The Bertz CT molecular complexity index is 1160. The number of rotatable bonds is 5. The summed E-state index contributed by atoms with van der Waals surface area (Å²) in [6, 6.07) is 11.7. The predicted octanol–water partition coefficient (Wildman–Crippen LogP) is 1.18. The standard InChI is InChI=1S/C20H19BN8O/c21-16-1-2-18-15(9-16)11-22-20(24-18)23-17-8-13(12-29-3-5-30-6-4-29)7-14(10-17)19-25-27-28-26-19/h1-2,7-11H,3-6,12H2,(H,22,23,24)(H,25,26,27,28). The average molecular weight is 398 g/mol. The van der Waals surface area contributed by atoms with Gasteiger partial charge in [0.25, 0.3) is 0 Å². The molecule has 0 spiro atoms. The van der Waals surface area contributed by atoms with Gasteiger partial charge in [0.2, 0.25) is 11.8 Å². The molecule has 1 aliphatic heterocycles.